The molecule has 0 aliphatic heterocycles. The van der Waals surface area contributed by atoms with Crippen LogP contribution in [0.4, 0.5) is 10.6 Å². The van der Waals surface area contributed by atoms with Crippen molar-refractivity contribution in [2.75, 3.05) is 32.2 Å². The molecule has 0 radical (unpaired) electrons. The van der Waals surface area contributed by atoms with Crippen LogP contribution in [-0.2, 0) is 9.53 Å². The number of nitrogens with one attached hydrogen (secondary N) is 3. The minimum atomic E-state index is -0.448. The molecule has 2 aliphatic carbocycles. The lowest BCUT2D eigenvalue weighted by molar-refractivity contribution is -0.118. The number of aromatic hydroxyl groups is 1. The van der Waals surface area contributed by atoms with Gasteiger partial charge in [0.1, 0.15) is 23.4 Å². The number of alkyl carbamates (subject to hydrolysis) is 1. The zero-order valence-electron chi connectivity index (χ0n) is 21.0. The number of nitrogens with zero attached hydrogens (tertiary/aromatic N) is 2. The van der Waals surface area contributed by atoms with E-state index in [1.807, 2.05) is 6.92 Å². The van der Waals surface area contributed by atoms with E-state index in [2.05, 4.69) is 25.8 Å². The smallest absolute Gasteiger partial charge is 0.407 e. The number of aliphatic imine (C=N–C) groups is 1. The highest BCUT2D eigenvalue weighted by atomic mass is 16.6. The lowest BCUT2D eigenvalue weighted by Gasteiger charge is -2.16. The molecule has 5 N–H and O–H groups in total. The third kappa shape index (κ3) is 7.13. The number of phenolic OH excluding ortho intramolecular Hbond substituents is 1. The molecule has 2 aliphatic rings. The first kappa shape index (κ1) is 26.3. The Labute approximate surface area is 214 Å². The van der Waals surface area contributed by atoms with Crippen LogP contribution in [0.3, 0.4) is 0 Å². The van der Waals surface area contributed by atoms with Gasteiger partial charge >= 0.3 is 6.09 Å². The van der Waals surface area contributed by atoms with E-state index in [4.69, 9.17) is 19.3 Å². The normalized spacial score (nSPS) is 20.0. The third-order valence-electron chi connectivity index (χ3n) is 6.50. The van der Waals surface area contributed by atoms with Gasteiger partial charge < -0.3 is 35.1 Å². The maximum absolute atomic E-state index is 12.5. The second kappa shape index (κ2) is 11.5. The Morgan fingerprint density at radius 3 is 2.84 bits per heavy atom. The van der Waals surface area contributed by atoms with Gasteiger partial charge in [0.25, 0.3) is 5.91 Å². The predicted octanol–water partition coefficient (Wildman–Crippen LogP) is 2.47. The third-order valence-corrected chi connectivity index (χ3v) is 6.50. The molecule has 4 rings (SSSR count). The summed E-state index contributed by atoms with van der Waals surface area (Å²) in [4.78, 5) is 28.6. The van der Waals surface area contributed by atoms with Gasteiger partial charge in [-0.2, -0.15) is 5.10 Å². The molecule has 12 heteroatoms. The number of phenols is 1. The fourth-order valence-electron chi connectivity index (χ4n) is 4.17. The van der Waals surface area contributed by atoms with Gasteiger partial charge in [-0.05, 0) is 39.0 Å². The van der Waals surface area contributed by atoms with Crippen molar-refractivity contribution in [3.8, 4) is 17.2 Å². The number of hydrogen-bond acceptors (Lipinski definition) is 9. The van der Waals surface area contributed by atoms with E-state index in [9.17, 15) is 14.7 Å². The second-order valence-corrected chi connectivity index (χ2v) is 9.59. The summed E-state index contributed by atoms with van der Waals surface area (Å²) in [6.45, 7) is 1.68. The summed E-state index contributed by atoms with van der Waals surface area (Å²) in [6.07, 6.45) is 5.09. The number of ether oxygens (including phenoxy) is 3. The number of hydrogen-bond donors (Lipinski definition) is 5. The number of aromatic amines is 1. The van der Waals surface area contributed by atoms with E-state index in [-0.39, 0.29) is 60.5 Å². The lowest BCUT2D eigenvalue weighted by Crippen LogP contribution is -2.36. The van der Waals surface area contributed by atoms with Crippen LogP contribution >= 0.6 is 0 Å². The zero-order chi connectivity index (χ0) is 26.4. The quantitative estimate of drug-likeness (QED) is 0.285. The van der Waals surface area contributed by atoms with Gasteiger partial charge in [0.2, 0.25) is 0 Å². The van der Waals surface area contributed by atoms with Gasteiger partial charge in [0, 0.05) is 41.6 Å². The fraction of sp³-hybridized carbons (Fsp3) is 0.520. The number of H-pyrrole nitrogens is 1. The van der Waals surface area contributed by atoms with Gasteiger partial charge in [-0.15, -0.1) is 0 Å². The minimum Gasteiger partial charge on any atom is -0.507 e. The van der Waals surface area contributed by atoms with Crippen molar-refractivity contribution in [3.63, 3.8) is 0 Å². The van der Waals surface area contributed by atoms with Crippen LogP contribution < -0.4 is 20.1 Å². The lowest BCUT2D eigenvalue weighted by atomic mass is 10.0. The molecule has 1 aromatic heterocycles. The van der Waals surface area contributed by atoms with E-state index in [0.29, 0.717) is 18.0 Å². The number of benzene rings is 1. The number of aliphatic hydroxyl groups excluding tert-OH is 1. The van der Waals surface area contributed by atoms with Crippen molar-refractivity contribution in [1.29, 1.82) is 0 Å². The van der Waals surface area contributed by atoms with Crippen molar-refractivity contribution in [1.82, 2.24) is 15.5 Å². The molecule has 200 valence electrons. The first-order valence-electron chi connectivity index (χ1n) is 12.3. The maximum atomic E-state index is 12.5. The van der Waals surface area contributed by atoms with Crippen LogP contribution in [0.1, 0.15) is 56.2 Å². The molecule has 1 heterocycles. The summed E-state index contributed by atoms with van der Waals surface area (Å²) in [5, 5.41) is 31.9. The van der Waals surface area contributed by atoms with E-state index < -0.39 is 5.91 Å². The van der Waals surface area contributed by atoms with Crippen LogP contribution in [0.5, 0.6) is 17.2 Å². The Hall–Kier alpha value is -3.80. The predicted molar refractivity (Wildman–Crippen MR) is 135 cm³/mol. The molecule has 12 nitrogen and oxygen atoms in total. The second-order valence-electron chi connectivity index (χ2n) is 9.59. The topological polar surface area (TPSA) is 167 Å². The number of aromatic nitrogens is 2. The minimum absolute atomic E-state index is 0.114. The summed E-state index contributed by atoms with van der Waals surface area (Å²) < 4.78 is 16.3. The van der Waals surface area contributed by atoms with Crippen molar-refractivity contribution < 1.29 is 34.0 Å². The molecule has 0 saturated heterocycles. The zero-order valence-corrected chi connectivity index (χ0v) is 21.0. The molecule has 2 saturated carbocycles. The van der Waals surface area contributed by atoms with E-state index in [1.165, 1.54) is 25.5 Å². The summed E-state index contributed by atoms with van der Waals surface area (Å²) in [6, 6.07) is 4.70. The number of carbonyl (C=O) groups is 2. The number of rotatable bonds is 11. The molecule has 2 aromatic rings. The average Bonchev–Trinajstić information content (AvgIpc) is 3.22. The van der Waals surface area contributed by atoms with Crippen LogP contribution in [0.25, 0.3) is 0 Å². The monoisotopic (exact) mass is 515 g/mol. The number of amides is 2. The largest absolute Gasteiger partial charge is 0.507 e. The van der Waals surface area contributed by atoms with Crippen molar-refractivity contribution in [2.45, 2.75) is 56.6 Å². The van der Waals surface area contributed by atoms with Crippen LogP contribution in [0.15, 0.2) is 23.2 Å². The highest BCUT2D eigenvalue weighted by Gasteiger charge is 2.40. The van der Waals surface area contributed by atoms with Gasteiger partial charge in [0.05, 0.1) is 25.8 Å². The summed E-state index contributed by atoms with van der Waals surface area (Å²) in [5.41, 5.74) is 1.01. The average molecular weight is 516 g/mol. The molecule has 2 atom stereocenters. The molecule has 0 unspecified atom stereocenters. The summed E-state index contributed by atoms with van der Waals surface area (Å²) in [5.74, 6) is 0.466. The van der Waals surface area contributed by atoms with E-state index in [0.717, 1.165) is 31.4 Å². The van der Waals surface area contributed by atoms with Crippen LogP contribution in [-0.4, -0.2) is 77.1 Å². The molecular weight excluding hydrogens is 482 g/mol. The van der Waals surface area contributed by atoms with Gasteiger partial charge in [-0.3, -0.25) is 14.9 Å². The Balaban J connectivity index is 1.29. The van der Waals surface area contributed by atoms with Crippen molar-refractivity contribution >= 4 is 24.0 Å². The molecular formula is C25H33N5O7. The Morgan fingerprint density at radius 2 is 2.11 bits per heavy atom. The Bertz CT molecular complexity index is 1140. The summed E-state index contributed by atoms with van der Waals surface area (Å²) in [7, 11) is 1.45. The number of aliphatic hydroxyl groups is 1. The Kier molecular flexibility index (Phi) is 8.17. The summed E-state index contributed by atoms with van der Waals surface area (Å²) >= 11 is 0. The van der Waals surface area contributed by atoms with E-state index >= 15 is 0 Å². The first-order chi connectivity index (χ1) is 17.8. The van der Waals surface area contributed by atoms with Gasteiger partial charge in [-0.25, -0.2) is 4.79 Å². The highest BCUT2D eigenvalue weighted by molar-refractivity contribution is 5.92. The molecule has 0 bridgehead atoms. The highest BCUT2D eigenvalue weighted by Crippen LogP contribution is 2.37. The van der Waals surface area contributed by atoms with E-state index in [1.54, 1.807) is 6.07 Å². The molecule has 1 aromatic carbocycles. The first-order valence-corrected chi connectivity index (χ1v) is 12.3. The fourth-order valence-corrected chi connectivity index (χ4v) is 4.17. The van der Waals surface area contributed by atoms with Crippen molar-refractivity contribution in [3.05, 3.63) is 29.5 Å². The molecule has 2 amide bonds. The molecule has 37 heavy (non-hydrogen) atoms. The SMILES string of the molecule is COc1cc(O)c(C=NCCO)c(OCC(=O)Nc2cc([C@H]3CC[C@@H](OC(=O)NC4(C)CC4)C3)[nH]n2)c1. The number of methoxy groups -OCH3 is 1. The standard InChI is InChI=1S/C25H33N5O7/c1-25(5-6-25)28-24(34)37-16-4-3-15(9-16)19-12-22(30-29-19)27-23(33)14-36-21-11-17(35-2)10-20(32)18(21)13-26-7-8-31/h10-13,15-16,31-32H,3-9,14H2,1-2H3,(H,28,34)(H2,27,29,30,33)/t15-,16+/m0/s1. The molecule has 0 spiro atoms. The molecule has 2 fully saturated rings. The maximum Gasteiger partial charge on any atom is 0.407 e. The number of carbonyl (C=O) groups excluding carboxylic acids is 2. The van der Waals surface area contributed by atoms with Crippen LogP contribution in [0.2, 0.25) is 0 Å². The Morgan fingerprint density at radius 1 is 1.30 bits per heavy atom. The van der Waals surface area contributed by atoms with Gasteiger partial charge in [0.15, 0.2) is 12.4 Å². The number of anilines is 1. The van der Waals surface area contributed by atoms with Crippen LogP contribution in [0, 0.1) is 0 Å². The van der Waals surface area contributed by atoms with Gasteiger partial charge in [-0.1, -0.05) is 0 Å². The van der Waals surface area contributed by atoms with Crippen molar-refractivity contribution in [2.24, 2.45) is 4.99 Å².